The van der Waals surface area contributed by atoms with Crippen LogP contribution in [0.4, 0.5) is 11.4 Å². The Morgan fingerprint density at radius 3 is 2.76 bits per heavy atom. The molecule has 94 valence electrons. The number of rotatable bonds is 5. The summed E-state index contributed by atoms with van der Waals surface area (Å²) < 4.78 is 9.99. The number of ether oxygens (including phenoxy) is 2. The maximum absolute atomic E-state index is 11.4. The zero-order valence-corrected chi connectivity index (χ0v) is 10.3. The van der Waals surface area contributed by atoms with Crippen molar-refractivity contribution >= 4 is 17.3 Å². The molecule has 1 rings (SSSR count). The van der Waals surface area contributed by atoms with Gasteiger partial charge in [-0.25, -0.2) is 4.79 Å². The summed E-state index contributed by atoms with van der Waals surface area (Å²) >= 11 is 0. The Balaban J connectivity index is 2.73. The van der Waals surface area contributed by atoms with Crippen LogP contribution in [0.15, 0.2) is 18.2 Å². The SMILES string of the molecule is CCOC(=O)C(C)Nc1cc(N)cc(OC)c1. The number of esters is 1. The maximum atomic E-state index is 11.4. The Morgan fingerprint density at radius 2 is 2.18 bits per heavy atom. The van der Waals surface area contributed by atoms with Crippen LogP contribution in [-0.4, -0.2) is 25.7 Å². The maximum Gasteiger partial charge on any atom is 0.328 e. The van der Waals surface area contributed by atoms with Crippen molar-refractivity contribution in [2.45, 2.75) is 19.9 Å². The monoisotopic (exact) mass is 238 g/mol. The molecule has 0 spiro atoms. The summed E-state index contributed by atoms with van der Waals surface area (Å²) in [6.45, 7) is 3.87. The van der Waals surface area contributed by atoms with Gasteiger partial charge in [0.1, 0.15) is 11.8 Å². The summed E-state index contributed by atoms with van der Waals surface area (Å²) in [6, 6.07) is 4.78. The number of carbonyl (C=O) groups is 1. The number of methoxy groups -OCH3 is 1. The highest BCUT2D eigenvalue weighted by atomic mass is 16.5. The minimum atomic E-state index is -0.429. The average molecular weight is 238 g/mol. The minimum Gasteiger partial charge on any atom is -0.497 e. The predicted molar refractivity (Wildman–Crippen MR) is 67.1 cm³/mol. The molecule has 3 N–H and O–H groups in total. The Bertz CT molecular complexity index is 393. The average Bonchev–Trinajstić information content (AvgIpc) is 2.28. The van der Waals surface area contributed by atoms with Crippen molar-refractivity contribution in [3.63, 3.8) is 0 Å². The lowest BCUT2D eigenvalue weighted by Crippen LogP contribution is -2.28. The quantitative estimate of drug-likeness (QED) is 0.602. The van der Waals surface area contributed by atoms with Crippen molar-refractivity contribution in [2.75, 3.05) is 24.8 Å². The van der Waals surface area contributed by atoms with Crippen LogP contribution in [0.2, 0.25) is 0 Å². The standard InChI is InChI=1S/C12H18N2O3/c1-4-17-12(15)8(2)14-10-5-9(13)6-11(7-10)16-3/h5-8,14H,4,13H2,1-3H3. The highest BCUT2D eigenvalue weighted by Crippen LogP contribution is 2.22. The molecular formula is C12H18N2O3. The molecule has 0 saturated heterocycles. The van der Waals surface area contributed by atoms with Crippen LogP contribution in [0.25, 0.3) is 0 Å². The minimum absolute atomic E-state index is 0.297. The van der Waals surface area contributed by atoms with Crippen LogP contribution in [0, 0.1) is 0 Å². The van der Waals surface area contributed by atoms with Gasteiger partial charge in [-0.15, -0.1) is 0 Å². The zero-order chi connectivity index (χ0) is 12.8. The summed E-state index contributed by atoms with van der Waals surface area (Å²) in [7, 11) is 1.56. The van der Waals surface area contributed by atoms with E-state index in [4.69, 9.17) is 15.2 Å². The van der Waals surface area contributed by atoms with E-state index in [0.717, 1.165) is 5.69 Å². The third-order valence-electron chi connectivity index (χ3n) is 2.19. The highest BCUT2D eigenvalue weighted by molar-refractivity contribution is 5.79. The molecule has 0 aliphatic carbocycles. The molecule has 0 fully saturated rings. The van der Waals surface area contributed by atoms with Crippen molar-refractivity contribution < 1.29 is 14.3 Å². The summed E-state index contributed by atoms with van der Waals surface area (Å²) in [5, 5.41) is 3.01. The van der Waals surface area contributed by atoms with Crippen LogP contribution < -0.4 is 15.8 Å². The van der Waals surface area contributed by atoms with Crippen molar-refractivity contribution in [3.8, 4) is 5.75 Å². The van der Waals surface area contributed by atoms with Gasteiger partial charge in [-0.3, -0.25) is 0 Å². The summed E-state index contributed by atoms with van der Waals surface area (Å²) in [4.78, 5) is 11.4. The van der Waals surface area contributed by atoms with Crippen molar-refractivity contribution in [1.82, 2.24) is 0 Å². The van der Waals surface area contributed by atoms with Crippen molar-refractivity contribution in [2.24, 2.45) is 0 Å². The second kappa shape index (κ2) is 5.98. The number of hydrogen-bond donors (Lipinski definition) is 2. The Morgan fingerprint density at radius 1 is 1.47 bits per heavy atom. The molecule has 0 saturated carbocycles. The van der Waals surface area contributed by atoms with Gasteiger partial charge in [-0.1, -0.05) is 0 Å². The first-order chi connectivity index (χ1) is 8.06. The Hall–Kier alpha value is -1.91. The number of benzene rings is 1. The molecule has 0 aromatic heterocycles. The van der Waals surface area contributed by atoms with Gasteiger partial charge < -0.3 is 20.5 Å². The highest BCUT2D eigenvalue weighted by Gasteiger charge is 2.13. The second-order valence-electron chi connectivity index (χ2n) is 3.61. The molecule has 1 aromatic carbocycles. The molecule has 0 aliphatic heterocycles. The number of nitrogens with two attached hydrogens (primary N) is 1. The molecule has 0 bridgehead atoms. The molecular weight excluding hydrogens is 220 g/mol. The third-order valence-corrected chi connectivity index (χ3v) is 2.19. The largest absolute Gasteiger partial charge is 0.497 e. The van der Waals surface area contributed by atoms with Gasteiger partial charge in [-0.2, -0.15) is 0 Å². The first kappa shape index (κ1) is 13.2. The Labute approximate surface area is 101 Å². The summed E-state index contributed by atoms with van der Waals surface area (Å²) in [5.41, 5.74) is 7.01. The molecule has 1 aromatic rings. The van der Waals surface area contributed by atoms with Crippen molar-refractivity contribution in [1.29, 1.82) is 0 Å². The lowest BCUT2D eigenvalue weighted by atomic mass is 10.2. The van der Waals surface area contributed by atoms with Crippen LogP contribution in [0.1, 0.15) is 13.8 Å². The molecule has 17 heavy (non-hydrogen) atoms. The van der Waals surface area contributed by atoms with E-state index in [1.807, 2.05) is 0 Å². The van der Waals surface area contributed by atoms with Gasteiger partial charge in [0, 0.05) is 23.5 Å². The predicted octanol–water partition coefficient (Wildman–Crippen LogP) is 1.64. The lowest BCUT2D eigenvalue weighted by molar-refractivity contribution is -0.143. The molecule has 0 amide bonds. The molecule has 1 unspecified atom stereocenters. The Kier molecular flexibility index (Phi) is 4.63. The number of hydrogen-bond acceptors (Lipinski definition) is 5. The van der Waals surface area contributed by atoms with Crippen LogP contribution >= 0.6 is 0 Å². The lowest BCUT2D eigenvalue weighted by Gasteiger charge is -2.15. The topological polar surface area (TPSA) is 73.6 Å². The van der Waals surface area contributed by atoms with E-state index < -0.39 is 6.04 Å². The van der Waals surface area contributed by atoms with Gasteiger partial charge in [0.25, 0.3) is 0 Å². The molecule has 0 radical (unpaired) electrons. The normalized spacial score (nSPS) is 11.7. The first-order valence-corrected chi connectivity index (χ1v) is 5.44. The third kappa shape index (κ3) is 3.86. The first-order valence-electron chi connectivity index (χ1n) is 5.44. The number of nitrogen functional groups attached to an aromatic ring is 1. The van der Waals surface area contributed by atoms with Gasteiger partial charge in [0.15, 0.2) is 0 Å². The molecule has 5 nitrogen and oxygen atoms in total. The van der Waals surface area contributed by atoms with E-state index in [-0.39, 0.29) is 5.97 Å². The van der Waals surface area contributed by atoms with E-state index in [1.165, 1.54) is 0 Å². The van der Waals surface area contributed by atoms with E-state index >= 15 is 0 Å². The van der Waals surface area contributed by atoms with Gasteiger partial charge in [0.2, 0.25) is 0 Å². The molecule has 1 atom stereocenters. The summed E-state index contributed by atoms with van der Waals surface area (Å²) in [5.74, 6) is 0.345. The fourth-order valence-electron chi connectivity index (χ4n) is 1.40. The molecule has 0 heterocycles. The van der Waals surface area contributed by atoms with E-state index in [0.29, 0.717) is 18.0 Å². The fourth-order valence-corrected chi connectivity index (χ4v) is 1.40. The van der Waals surface area contributed by atoms with Gasteiger partial charge in [0.05, 0.1) is 13.7 Å². The van der Waals surface area contributed by atoms with E-state index in [9.17, 15) is 4.79 Å². The second-order valence-corrected chi connectivity index (χ2v) is 3.61. The van der Waals surface area contributed by atoms with Crippen LogP contribution in [0.5, 0.6) is 5.75 Å². The van der Waals surface area contributed by atoms with Gasteiger partial charge >= 0.3 is 5.97 Å². The number of nitrogens with one attached hydrogen (secondary N) is 1. The summed E-state index contributed by atoms with van der Waals surface area (Å²) in [6.07, 6.45) is 0. The molecule has 5 heteroatoms. The van der Waals surface area contributed by atoms with E-state index in [2.05, 4.69) is 5.32 Å². The fraction of sp³-hybridized carbons (Fsp3) is 0.417. The number of anilines is 2. The van der Waals surface area contributed by atoms with Crippen LogP contribution in [-0.2, 0) is 9.53 Å². The zero-order valence-electron chi connectivity index (χ0n) is 10.3. The smallest absolute Gasteiger partial charge is 0.328 e. The van der Waals surface area contributed by atoms with Crippen molar-refractivity contribution in [3.05, 3.63) is 18.2 Å². The van der Waals surface area contributed by atoms with Gasteiger partial charge in [-0.05, 0) is 19.9 Å². The van der Waals surface area contributed by atoms with E-state index in [1.54, 1.807) is 39.2 Å². The number of carbonyl (C=O) groups excluding carboxylic acids is 1. The van der Waals surface area contributed by atoms with Crippen LogP contribution in [0.3, 0.4) is 0 Å². The molecule has 0 aliphatic rings.